The molecule has 0 atom stereocenters. The van der Waals surface area contributed by atoms with Crippen LogP contribution in [0.5, 0.6) is 0 Å². The second-order valence-corrected chi connectivity index (χ2v) is 4.81. The number of halogens is 1. The molecule has 0 saturated heterocycles. The SMILES string of the molecule is Cc1cccc(CC(=O)OC(C)(C)C)c1F. The topological polar surface area (TPSA) is 26.3 Å². The van der Waals surface area contributed by atoms with Crippen LogP contribution < -0.4 is 0 Å². The highest BCUT2D eigenvalue weighted by atomic mass is 19.1. The molecule has 0 radical (unpaired) electrons. The van der Waals surface area contributed by atoms with E-state index < -0.39 is 11.6 Å². The number of aryl methyl sites for hydroxylation is 1. The first kappa shape index (κ1) is 12.7. The van der Waals surface area contributed by atoms with Crippen LogP contribution in [0.3, 0.4) is 0 Å². The Balaban J connectivity index is 2.74. The van der Waals surface area contributed by atoms with Gasteiger partial charge < -0.3 is 4.74 Å². The number of hydrogen-bond donors (Lipinski definition) is 0. The fourth-order valence-electron chi connectivity index (χ4n) is 1.38. The Morgan fingerprint density at radius 3 is 2.56 bits per heavy atom. The Hall–Kier alpha value is -1.38. The summed E-state index contributed by atoms with van der Waals surface area (Å²) in [6, 6.07) is 5.01. The molecule has 1 aromatic rings. The van der Waals surface area contributed by atoms with Gasteiger partial charge in [-0.05, 0) is 38.8 Å². The van der Waals surface area contributed by atoms with Crippen molar-refractivity contribution < 1.29 is 13.9 Å². The largest absolute Gasteiger partial charge is 0.460 e. The van der Waals surface area contributed by atoms with E-state index in [9.17, 15) is 9.18 Å². The highest BCUT2D eigenvalue weighted by molar-refractivity contribution is 5.73. The molecular formula is C13H17FO2. The third kappa shape index (κ3) is 3.65. The van der Waals surface area contributed by atoms with Gasteiger partial charge in [-0.2, -0.15) is 0 Å². The van der Waals surface area contributed by atoms with E-state index in [-0.39, 0.29) is 12.2 Å². The normalized spacial score (nSPS) is 11.3. The molecule has 16 heavy (non-hydrogen) atoms. The summed E-state index contributed by atoms with van der Waals surface area (Å²) in [7, 11) is 0. The van der Waals surface area contributed by atoms with Crippen molar-refractivity contribution in [2.45, 2.75) is 39.7 Å². The number of carbonyl (C=O) groups excluding carboxylic acids is 1. The predicted octanol–water partition coefficient (Wildman–Crippen LogP) is 3.02. The van der Waals surface area contributed by atoms with E-state index >= 15 is 0 Å². The highest BCUT2D eigenvalue weighted by Gasteiger charge is 2.18. The van der Waals surface area contributed by atoms with Crippen LogP contribution in [-0.4, -0.2) is 11.6 Å². The fraction of sp³-hybridized carbons (Fsp3) is 0.462. The van der Waals surface area contributed by atoms with Gasteiger partial charge in [-0.3, -0.25) is 4.79 Å². The fourth-order valence-corrected chi connectivity index (χ4v) is 1.38. The molecule has 0 aliphatic rings. The van der Waals surface area contributed by atoms with Crippen molar-refractivity contribution >= 4 is 5.97 Å². The molecule has 0 aromatic heterocycles. The lowest BCUT2D eigenvalue weighted by Gasteiger charge is -2.19. The van der Waals surface area contributed by atoms with Crippen LogP contribution in [0.25, 0.3) is 0 Å². The third-order valence-electron chi connectivity index (χ3n) is 2.03. The third-order valence-corrected chi connectivity index (χ3v) is 2.03. The van der Waals surface area contributed by atoms with Gasteiger partial charge in [0.05, 0.1) is 6.42 Å². The van der Waals surface area contributed by atoms with Gasteiger partial charge in [0, 0.05) is 0 Å². The lowest BCUT2D eigenvalue weighted by molar-refractivity contribution is -0.153. The smallest absolute Gasteiger partial charge is 0.310 e. The molecule has 3 heteroatoms. The van der Waals surface area contributed by atoms with Crippen molar-refractivity contribution in [2.24, 2.45) is 0 Å². The summed E-state index contributed by atoms with van der Waals surface area (Å²) in [6.07, 6.45) is -0.0230. The first-order valence-electron chi connectivity index (χ1n) is 5.25. The van der Waals surface area contributed by atoms with Gasteiger partial charge in [0.15, 0.2) is 0 Å². The van der Waals surface area contributed by atoms with Crippen LogP contribution in [-0.2, 0) is 16.0 Å². The molecule has 0 bridgehead atoms. The van der Waals surface area contributed by atoms with Crippen LogP contribution in [0.2, 0.25) is 0 Å². The van der Waals surface area contributed by atoms with Crippen molar-refractivity contribution in [3.8, 4) is 0 Å². The van der Waals surface area contributed by atoms with E-state index in [2.05, 4.69) is 0 Å². The maximum atomic E-state index is 13.6. The number of rotatable bonds is 2. The minimum atomic E-state index is -0.530. The Kier molecular flexibility index (Phi) is 3.68. The highest BCUT2D eigenvalue weighted by Crippen LogP contribution is 2.15. The van der Waals surface area contributed by atoms with Gasteiger partial charge in [-0.25, -0.2) is 4.39 Å². The molecule has 0 aliphatic heterocycles. The lowest BCUT2D eigenvalue weighted by Crippen LogP contribution is -2.25. The average molecular weight is 224 g/mol. The van der Waals surface area contributed by atoms with Crippen LogP contribution in [0.1, 0.15) is 31.9 Å². The molecule has 0 heterocycles. The van der Waals surface area contributed by atoms with E-state index in [1.807, 2.05) is 0 Å². The molecule has 0 fully saturated rings. The van der Waals surface area contributed by atoms with Crippen LogP contribution >= 0.6 is 0 Å². The number of hydrogen-bond acceptors (Lipinski definition) is 2. The molecule has 0 N–H and O–H groups in total. The van der Waals surface area contributed by atoms with Crippen molar-refractivity contribution in [3.05, 3.63) is 35.1 Å². The van der Waals surface area contributed by atoms with Gasteiger partial charge >= 0.3 is 5.97 Å². The first-order chi connectivity index (χ1) is 7.29. The van der Waals surface area contributed by atoms with Gasteiger partial charge in [-0.1, -0.05) is 18.2 Å². The summed E-state index contributed by atoms with van der Waals surface area (Å²) in [6.45, 7) is 7.04. The molecule has 0 saturated carbocycles. The molecule has 0 unspecified atom stereocenters. The molecular weight excluding hydrogens is 207 g/mol. The average Bonchev–Trinajstić information content (AvgIpc) is 2.09. The van der Waals surface area contributed by atoms with Crippen molar-refractivity contribution in [1.82, 2.24) is 0 Å². The minimum absolute atomic E-state index is 0.0230. The quantitative estimate of drug-likeness (QED) is 0.722. The molecule has 1 aromatic carbocycles. The number of benzene rings is 1. The van der Waals surface area contributed by atoms with Gasteiger partial charge in [0.1, 0.15) is 11.4 Å². The van der Waals surface area contributed by atoms with Gasteiger partial charge in [-0.15, -0.1) is 0 Å². The zero-order valence-corrected chi connectivity index (χ0v) is 10.1. The summed E-state index contributed by atoms with van der Waals surface area (Å²) in [5.74, 6) is -0.731. The summed E-state index contributed by atoms with van der Waals surface area (Å²) in [4.78, 5) is 11.5. The van der Waals surface area contributed by atoms with Crippen molar-refractivity contribution in [3.63, 3.8) is 0 Å². The zero-order valence-electron chi connectivity index (χ0n) is 10.1. The van der Waals surface area contributed by atoms with Crippen LogP contribution in [0.15, 0.2) is 18.2 Å². The summed E-state index contributed by atoms with van der Waals surface area (Å²) >= 11 is 0. The molecule has 0 aliphatic carbocycles. The Bertz CT molecular complexity index is 391. The van der Waals surface area contributed by atoms with Crippen LogP contribution in [0.4, 0.5) is 4.39 Å². The monoisotopic (exact) mass is 224 g/mol. The maximum Gasteiger partial charge on any atom is 0.310 e. The first-order valence-corrected chi connectivity index (χ1v) is 5.25. The lowest BCUT2D eigenvalue weighted by atomic mass is 10.1. The molecule has 1 rings (SSSR count). The number of esters is 1. The minimum Gasteiger partial charge on any atom is -0.460 e. The van der Waals surface area contributed by atoms with Crippen molar-refractivity contribution in [1.29, 1.82) is 0 Å². The summed E-state index contributed by atoms with van der Waals surface area (Å²) in [5.41, 5.74) is 0.396. The second kappa shape index (κ2) is 4.64. The van der Waals surface area contributed by atoms with E-state index in [0.29, 0.717) is 11.1 Å². The zero-order chi connectivity index (χ0) is 12.3. The van der Waals surface area contributed by atoms with Crippen molar-refractivity contribution in [2.75, 3.05) is 0 Å². The summed E-state index contributed by atoms with van der Waals surface area (Å²) < 4.78 is 18.7. The van der Waals surface area contributed by atoms with E-state index in [4.69, 9.17) is 4.74 Å². The molecule has 2 nitrogen and oxygen atoms in total. The Labute approximate surface area is 95.4 Å². The Morgan fingerprint density at radius 1 is 1.38 bits per heavy atom. The number of carbonyl (C=O) groups is 1. The number of ether oxygens (including phenoxy) is 1. The van der Waals surface area contributed by atoms with E-state index in [1.165, 1.54) is 0 Å². The summed E-state index contributed by atoms with van der Waals surface area (Å²) in [5, 5.41) is 0. The predicted molar refractivity (Wildman–Crippen MR) is 60.7 cm³/mol. The van der Waals surface area contributed by atoms with Gasteiger partial charge in [0.2, 0.25) is 0 Å². The molecule has 0 amide bonds. The molecule has 88 valence electrons. The standard InChI is InChI=1S/C13H17FO2/c1-9-6-5-7-10(12(9)14)8-11(15)16-13(2,3)4/h5-7H,8H2,1-4H3. The second-order valence-electron chi connectivity index (χ2n) is 4.81. The maximum absolute atomic E-state index is 13.6. The van der Waals surface area contributed by atoms with E-state index in [0.717, 1.165) is 0 Å². The van der Waals surface area contributed by atoms with Gasteiger partial charge in [0.25, 0.3) is 0 Å². The van der Waals surface area contributed by atoms with Crippen LogP contribution in [0, 0.1) is 12.7 Å². The molecule has 0 spiro atoms. The Morgan fingerprint density at radius 2 is 2.00 bits per heavy atom. The van der Waals surface area contributed by atoms with E-state index in [1.54, 1.807) is 45.9 Å².